The molecule has 0 radical (unpaired) electrons. The minimum Gasteiger partial charge on any atom is -0.381 e. The van der Waals surface area contributed by atoms with Gasteiger partial charge in [0.1, 0.15) is 0 Å². The van der Waals surface area contributed by atoms with Gasteiger partial charge in [-0.2, -0.15) is 0 Å². The van der Waals surface area contributed by atoms with Gasteiger partial charge in [-0.25, -0.2) is 0 Å². The van der Waals surface area contributed by atoms with E-state index in [1.807, 2.05) is 6.08 Å². The zero-order valence-electron chi connectivity index (χ0n) is 8.43. The highest BCUT2D eigenvalue weighted by atomic mass is 16.5. The zero-order chi connectivity index (χ0) is 9.36. The molecule has 1 heterocycles. The van der Waals surface area contributed by atoms with E-state index >= 15 is 0 Å². The van der Waals surface area contributed by atoms with Crippen molar-refractivity contribution in [3.05, 3.63) is 12.7 Å². The maximum atomic E-state index is 5.59. The highest BCUT2D eigenvalue weighted by molar-refractivity contribution is 4.68. The third-order valence-electron chi connectivity index (χ3n) is 2.45. The van der Waals surface area contributed by atoms with Gasteiger partial charge < -0.3 is 10.1 Å². The van der Waals surface area contributed by atoms with Gasteiger partial charge in [0, 0.05) is 13.2 Å². The molecule has 0 saturated carbocycles. The highest BCUT2D eigenvalue weighted by Gasteiger charge is 2.12. The molecule has 1 N–H and O–H groups in total. The first-order chi connectivity index (χ1) is 6.43. The molecule has 1 fully saturated rings. The number of hydrogen-bond donors (Lipinski definition) is 1. The van der Waals surface area contributed by atoms with Crippen molar-refractivity contribution < 1.29 is 4.74 Å². The molecule has 1 rings (SSSR count). The van der Waals surface area contributed by atoms with E-state index in [0.717, 1.165) is 38.5 Å². The summed E-state index contributed by atoms with van der Waals surface area (Å²) < 4.78 is 5.59. The molecule has 1 saturated heterocycles. The third-order valence-corrected chi connectivity index (χ3v) is 2.45. The Hall–Kier alpha value is -0.340. The van der Waals surface area contributed by atoms with Crippen molar-refractivity contribution in [1.29, 1.82) is 0 Å². The zero-order valence-corrected chi connectivity index (χ0v) is 8.43. The van der Waals surface area contributed by atoms with Crippen LogP contribution in [0.3, 0.4) is 0 Å². The smallest absolute Gasteiger partial charge is 0.0506 e. The van der Waals surface area contributed by atoms with Crippen LogP contribution in [0, 0.1) is 5.92 Å². The lowest BCUT2D eigenvalue weighted by Crippen LogP contribution is -2.32. The van der Waals surface area contributed by atoms with Gasteiger partial charge in [0.05, 0.1) is 6.61 Å². The Labute approximate surface area is 81.4 Å². The number of allylic oxidation sites excluding steroid dienone is 1. The van der Waals surface area contributed by atoms with Crippen LogP contribution in [0.2, 0.25) is 0 Å². The number of piperidine rings is 1. The molecule has 1 atom stereocenters. The van der Waals surface area contributed by atoms with Crippen molar-refractivity contribution in [2.45, 2.75) is 25.7 Å². The van der Waals surface area contributed by atoms with E-state index in [-0.39, 0.29) is 0 Å². The topological polar surface area (TPSA) is 21.3 Å². The van der Waals surface area contributed by atoms with Crippen LogP contribution < -0.4 is 5.32 Å². The van der Waals surface area contributed by atoms with Gasteiger partial charge in [-0.1, -0.05) is 6.08 Å². The number of unbranched alkanes of at least 4 members (excludes halogenated alkanes) is 1. The monoisotopic (exact) mass is 183 g/mol. The maximum Gasteiger partial charge on any atom is 0.0506 e. The quantitative estimate of drug-likeness (QED) is 0.502. The summed E-state index contributed by atoms with van der Waals surface area (Å²) in [4.78, 5) is 0. The molecule has 13 heavy (non-hydrogen) atoms. The lowest BCUT2D eigenvalue weighted by atomic mass is 10.0. The second-order valence-corrected chi connectivity index (χ2v) is 3.72. The summed E-state index contributed by atoms with van der Waals surface area (Å²) in [5, 5.41) is 3.39. The van der Waals surface area contributed by atoms with Gasteiger partial charge in [-0.15, -0.1) is 6.58 Å². The molecule has 1 aliphatic rings. The highest BCUT2D eigenvalue weighted by Crippen LogP contribution is 2.10. The van der Waals surface area contributed by atoms with Crippen LogP contribution in [0.25, 0.3) is 0 Å². The summed E-state index contributed by atoms with van der Waals surface area (Å²) in [6, 6.07) is 0. The molecule has 2 heteroatoms. The van der Waals surface area contributed by atoms with E-state index in [0.29, 0.717) is 0 Å². The van der Waals surface area contributed by atoms with E-state index in [1.54, 1.807) is 0 Å². The average molecular weight is 183 g/mol. The van der Waals surface area contributed by atoms with E-state index in [4.69, 9.17) is 4.74 Å². The van der Waals surface area contributed by atoms with Crippen molar-refractivity contribution in [2.75, 3.05) is 26.3 Å². The summed E-state index contributed by atoms with van der Waals surface area (Å²) >= 11 is 0. The molecule has 1 aliphatic heterocycles. The standard InChI is InChI=1S/C11H21NO/c1-2-3-4-8-13-10-11-6-5-7-12-9-11/h2,11-12H,1,3-10H2/t11-/m1/s1. The van der Waals surface area contributed by atoms with E-state index < -0.39 is 0 Å². The lowest BCUT2D eigenvalue weighted by Gasteiger charge is -2.22. The number of rotatable bonds is 6. The Morgan fingerprint density at radius 2 is 2.46 bits per heavy atom. The van der Waals surface area contributed by atoms with Crippen LogP contribution in [-0.2, 0) is 4.74 Å². The summed E-state index contributed by atoms with van der Waals surface area (Å²) in [5.74, 6) is 0.748. The van der Waals surface area contributed by atoms with Crippen molar-refractivity contribution in [3.63, 3.8) is 0 Å². The third kappa shape index (κ3) is 5.06. The van der Waals surface area contributed by atoms with Crippen molar-refractivity contribution in [3.8, 4) is 0 Å². The van der Waals surface area contributed by atoms with E-state index in [9.17, 15) is 0 Å². The average Bonchev–Trinajstić information content (AvgIpc) is 2.19. The molecule has 0 amide bonds. The fraction of sp³-hybridized carbons (Fsp3) is 0.818. The minimum absolute atomic E-state index is 0.748. The predicted octanol–water partition coefficient (Wildman–Crippen LogP) is 1.97. The molecule has 2 nitrogen and oxygen atoms in total. The molecule has 0 aromatic carbocycles. The Bertz CT molecular complexity index is 130. The predicted molar refractivity (Wildman–Crippen MR) is 55.8 cm³/mol. The molecule has 0 aliphatic carbocycles. The first-order valence-electron chi connectivity index (χ1n) is 5.33. The molecule has 0 spiro atoms. The fourth-order valence-corrected chi connectivity index (χ4v) is 1.65. The molecular weight excluding hydrogens is 162 g/mol. The molecule has 0 unspecified atom stereocenters. The van der Waals surface area contributed by atoms with Crippen LogP contribution in [0.4, 0.5) is 0 Å². The first kappa shape index (κ1) is 10.7. The second-order valence-electron chi connectivity index (χ2n) is 3.72. The Morgan fingerprint density at radius 1 is 1.54 bits per heavy atom. The Balaban J connectivity index is 1.89. The normalized spacial score (nSPS) is 22.9. The maximum absolute atomic E-state index is 5.59. The SMILES string of the molecule is C=CCCCOC[C@@H]1CCCNC1. The summed E-state index contributed by atoms with van der Waals surface area (Å²) in [5.41, 5.74) is 0. The first-order valence-corrected chi connectivity index (χ1v) is 5.33. The van der Waals surface area contributed by atoms with Crippen LogP contribution in [0.5, 0.6) is 0 Å². The summed E-state index contributed by atoms with van der Waals surface area (Å²) in [7, 11) is 0. The van der Waals surface area contributed by atoms with Gasteiger partial charge in [0.2, 0.25) is 0 Å². The van der Waals surface area contributed by atoms with Crippen LogP contribution in [0.15, 0.2) is 12.7 Å². The summed E-state index contributed by atoms with van der Waals surface area (Å²) in [6.45, 7) is 7.84. The van der Waals surface area contributed by atoms with Gasteiger partial charge in [0.15, 0.2) is 0 Å². The number of nitrogens with one attached hydrogen (secondary N) is 1. The molecule has 76 valence electrons. The van der Waals surface area contributed by atoms with Gasteiger partial charge in [-0.3, -0.25) is 0 Å². The van der Waals surface area contributed by atoms with Crippen molar-refractivity contribution >= 4 is 0 Å². The van der Waals surface area contributed by atoms with Crippen LogP contribution >= 0.6 is 0 Å². The summed E-state index contributed by atoms with van der Waals surface area (Å²) in [6.07, 6.45) is 6.77. The van der Waals surface area contributed by atoms with Crippen LogP contribution in [0.1, 0.15) is 25.7 Å². The van der Waals surface area contributed by atoms with E-state index in [2.05, 4.69) is 11.9 Å². The van der Waals surface area contributed by atoms with Crippen LogP contribution in [-0.4, -0.2) is 26.3 Å². The van der Waals surface area contributed by atoms with E-state index in [1.165, 1.54) is 19.4 Å². The lowest BCUT2D eigenvalue weighted by molar-refractivity contribution is 0.0886. The molecule has 0 bridgehead atoms. The largest absolute Gasteiger partial charge is 0.381 e. The van der Waals surface area contributed by atoms with Gasteiger partial charge >= 0.3 is 0 Å². The van der Waals surface area contributed by atoms with Crippen molar-refractivity contribution in [2.24, 2.45) is 5.92 Å². The fourth-order valence-electron chi connectivity index (χ4n) is 1.65. The minimum atomic E-state index is 0.748. The Morgan fingerprint density at radius 3 is 3.15 bits per heavy atom. The van der Waals surface area contributed by atoms with Gasteiger partial charge in [-0.05, 0) is 38.1 Å². The second kappa shape index (κ2) is 7.10. The molecular formula is C11H21NO. The van der Waals surface area contributed by atoms with Gasteiger partial charge in [0.25, 0.3) is 0 Å². The number of hydrogen-bond acceptors (Lipinski definition) is 2. The molecule has 0 aromatic heterocycles. The molecule has 0 aromatic rings. The number of ether oxygens (including phenoxy) is 1. The Kier molecular flexibility index (Phi) is 5.87. The van der Waals surface area contributed by atoms with Crippen molar-refractivity contribution in [1.82, 2.24) is 5.32 Å².